The van der Waals surface area contributed by atoms with Gasteiger partial charge in [0.05, 0.1) is 22.5 Å². The zero-order valence-corrected chi connectivity index (χ0v) is 9.13. The molecule has 0 bridgehead atoms. The Hall–Kier alpha value is -1.34. The van der Waals surface area contributed by atoms with Crippen molar-refractivity contribution in [3.05, 3.63) is 23.3 Å². The van der Waals surface area contributed by atoms with Gasteiger partial charge in [0.25, 0.3) is 10.5 Å². The number of hydrogen-bond acceptors (Lipinski definition) is 6. The van der Waals surface area contributed by atoms with Gasteiger partial charge in [0.2, 0.25) is 0 Å². The van der Waals surface area contributed by atoms with Gasteiger partial charge in [0, 0.05) is 0 Å². The van der Waals surface area contributed by atoms with Crippen LogP contribution in [0.5, 0.6) is 0 Å². The van der Waals surface area contributed by atoms with E-state index >= 15 is 0 Å². The summed E-state index contributed by atoms with van der Waals surface area (Å²) in [6.45, 7) is 0. The normalized spacial score (nSPS) is 9.75. The highest BCUT2D eigenvalue weighted by Crippen LogP contribution is 2.27. The molecular weight excluding hydrogens is 259 g/mol. The van der Waals surface area contributed by atoms with Crippen LogP contribution in [0.1, 0.15) is 20.7 Å². The quantitative estimate of drug-likeness (QED) is 0.491. The molecule has 8 heteroatoms. The first kappa shape index (κ1) is 12.7. The first-order valence-corrected chi connectivity index (χ1v) is 4.64. The number of rotatable bonds is 4. The molecule has 0 atom stereocenters. The van der Waals surface area contributed by atoms with Gasteiger partial charge in [0.1, 0.15) is 0 Å². The van der Waals surface area contributed by atoms with E-state index < -0.39 is 10.5 Å². The molecule has 0 saturated heterocycles. The van der Waals surface area contributed by atoms with Crippen molar-refractivity contribution in [1.82, 2.24) is 0 Å². The van der Waals surface area contributed by atoms with Gasteiger partial charge in [-0.25, -0.2) is 0 Å². The van der Waals surface area contributed by atoms with Crippen molar-refractivity contribution in [1.29, 1.82) is 0 Å². The number of carbonyl (C=O) groups is 2. The van der Waals surface area contributed by atoms with Crippen LogP contribution < -0.4 is 11.0 Å². The highest BCUT2D eigenvalue weighted by atomic mass is 35.5. The van der Waals surface area contributed by atoms with Gasteiger partial charge in [-0.05, 0) is 35.3 Å². The minimum atomic E-state index is -0.889. The topological polar surface area (TPSA) is 98.7 Å². The van der Waals surface area contributed by atoms with Crippen LogP contribution in [0.25, 0.3) is 0 Å². The van der Waals surface area contributed by atoms with Gasteiger partial charge < -0.3 is 0 Å². The molecule has 0 aliphatic rings. The minimum absolute atomic E-state index is 0.0711. The monoisotopic (exact) mass is 264 g/mol. The first-order valence-electron chi connectivity index (χ1n) is 3.89. The minimum Gasteiger partial charge on any atom is -0.291 e. The molecule has 1 aromatic carbocycles. The molecule has 0 fully saturated rings. The Morgan fingerprint density at radius 1 is 0.938 bits per heavy atom. The van der Waals surface area contributed by atoms with E-state index in [-0.39, 0.29) is 22.5 Å². The van der Waals surface area contributed by atoms with Gasteiger partial charge in [-0.15, -0.1) is 0 Å². The van der Waals surface area contributed by atoms with Crippen LogP contribution in [-0.2, 0) is 0 Å². The number of hydrogen-bond donors (Lipinski definition) is 4. The molecule has 16 heavy (non-hydrogen) atoms. The Kier molecular flexibility index (Phi) is 4.08. The highest BCUT2D eigenvalue weighted by Gasteiger charge is 2.17. The Morgan fingerprint density at radius 2 is 1.31 bits per heavy atom. The molecule has 4 N–H and O–H groups in total. The fourth-order valence-corrected chi connectivity index (χ4v) is 1.42. The fraction of sp³-hybridized carbons (Fsp3) is 0. The Morgan fingerprint density at radius 3 is 1.56 bits per heavy atom. The SMILES string of the molecule is O=C(Cl)c1cc(C(=O)Cl)c(NO)cc1NO. The number of carbonyl (C=O) groups excluding carboxylic acids is 2. The summed E-state index contributed by atoms with van der Waals surface area (Å²) in [5.74, 6) is 0. The van der Waals surface area contributed by atoms with Gasteiger partial charge in [-0.1, -0.05) is 0 Å². The lowest BCUT2D eigenvalue weighted by molar-refractivity contribution is 0.108. The van der Waals surface area contributed by atoms with E-state index in [1.165, 1.54) is 0 Å². The summed E-state index contributed by atoms with van der Waals surface area (Å²) in [6.07, 6.45) is 0. The molecule has 0 aromatic heterocycles. The van der Waals surface area contributed by atoms with Crippen molar-refractivity contribution in [3.8, 4) is 0 Å². The molecule has 0 unspecified atom stereocenters. The summed E-state index contributed by atoms with van der Waals surface area (Å²) in [6, 6.07) is 2.15. The lowest BCUT2D eigenvalue weighted by Gasteiger charge is -2.10. The van der Waals surface area contributed by atoms with Gasteiger partial charge in [-0.2, -0.15) is 0 Å². The Labute approximate surface area is 99.7 Å². The summed E-state index contributed by atoms with van der Waals surface area (Å²) in [5.41, 5.74) is 2.98. The van der Waals surface area contributed by atoms with Gasteiger partial charge in [0.15, 0.2) is 0 Å². The van der Waals surface area contributed by atoms with Gasteiger partial charge >= 0.3 is 0 Å². The molecular formula is C8H6Cl2N2O4. The maximum atomic E-state index is 11.0. The van der Waals surface area contributed by atoms with Crippen LogP contribution >= 0.6 is 23.2 Å². The predicted octanol–water partition coefficient (Wildman–Crippen LogP) is 2.05. The van der Waals surface area contributed by atoms with Crippen molar-refractivity contribution in [3.63, 3.8) is 0 Å². The zero-order valence-electron chi connectivity index (χ0n) is 7.62. The van der Waals surface area contributed by atoms with Crippen molar-refractivity contribution in [2.75, 3.05) is 11.0 Å². The largest absolute Gasteiger partial charge is 0.291 e. The number of benzene rings is 1. The van der Waals surface area contributed by atoms with Crippen LogP contribution in [0, 0.1) is 0 Å². The number of nitrogens with one attached hydrogen (secondary N) is 2. The molecule has 0 aliphatic heterocycles. The van der Waals surface area contributed by atoms with Crippen LogP contribution in [0.15, 0.2) is 12.1 Å². The summed E-state index contributed by atoms with van der Waals surface area (Å²) in [7, 11) is 0. The van der Waals surface area contributed by atoms with E-state index in [0.717, 1.165) is 12.1 Å². The zero-order chi connectivity index (χ0) is 12.3. The van der Waals surface area contributed by atoms with Crippen LogP contribution in [0.2, 0.25) is 0 Å². The maximum absolute atomic E-state index is 11.0. The fourth-order valence-electron chi connectivity index (χ4n) is 1.11. The van der Waals surface area contributed by atoms with E-state index in [4.69, 9.17) is 33.6 Å². The van der Waals surface area contributed by atoms with Crippen molar-refractivity contribution in [2.45, 2.75) is 0 Å². The summed E-state index contributed by atoms with van der Waals surface area (Å²) >= 11 is 10.5. The van der Waals surface area contributed by atoms with E-state index in [0.29, 0.717) is 0 Å². The van der Waals surface area contributed by atoms with E-state index in [9.17, 15) is 9.59 Å². The summed E-state index contributed by atoms with van der Waals surface area (Å²) in [4.78, 5) is 22.0. The van der Waals surface area contributed by atoms with E-state index in [1.807, 2.05) is 0 Å². The second-order valence-corrected chi connectivity index (χ2v) is 3.40. The lowest BCUT2D eigenvalue weighted by atomic mass is 10.1. The van der Waals surface area contributed by atoms with E-state index in [1.54, 1.807) is 11.0 Å². The van der Waals surface area contributed by atoms with Crippen LogP contribution in [0.3, 0.4) is 0 Å². The molecule has 0 spiro atoms. The standard InChI is InChI=1S/C8H6Cl2N2O4/c9-7(13)3-1-4(8(10)14)6(12-16)2-5(3)11-15/h1-2,11-12,15-16H. The average Bonchev–Trinajstić information content (AvgIpc) is 2.26. The van der Waals surface area contributed by atoms with Crippen LogP contribution in [-0.4, -0.2) is 20.9 Å². The molecule has 0 aliphatic carbocycles. The van der Waals surface area contributed by atoms with Crippen LogP contribution in [0.4, 0.5) is 11.4 Å². The third-order valence-corrected chi connectivity index (χ3v) is 2.23. The second-order valence-electron chi connectivity index (χ2n) is 2.71. The Balaban J connectivity index is 3.46. The number of anilines is 2. The lowest BCUT2D eigenvalue weighted by Crippen LogP contribution is -2.06. The number of halogens is 2. The molecule has 0 heterocycles. The Bertz CT molecular complexity index is 413. The average molecular weight is 265 g/mol. The van der Waals surface area contributed by atoms with Crippen molar-refractivity contribution >= 4 is 45.1 Å². The maximum Gasteiger partial charge on any atom is 0.254 e. The van der Waals surface area contributed by atoms with Crippen molar-refractivity contribution < 1.29 is 20.0 Å². The first-order chi connectivity index (χ1) is 7.51. The van der Waals surface area contributed by atoms with E-state index in [2.05, 4.69) is 0 Å². The highest BCUT2D eigenvalue weighted by molar-refractivity contribution is 6.69. The van der Waals surface area contributed by atoms with Crippen molar-refractivity contribution in [2.24, 2.45) is 0 Å². The second kappa shape index (κ2) is 5.13. The molecule has 6 nitrogen and oxygen atoms in total. The molecule has 0 saturated carbocycles. The molecule has 1 rings (SSSR count). The molecule has 1 aromatic rings. The molecule has 0 radical (unpaired) electrons. The van der Waals surface area contributed by atoms with Gasteiger partial charge in [-0.3, -0.25) is 31.0 Å². The molecule has 0 amide bonds. The smallest absolute Gasteiger partial charge is 0.254 e. The summed E-state index contributed by atoms with van der Waals surface area (Å²) < 4.78 is 0. The third kappa shape index (κ3) is 2.42. The third-order valence-electron chi connectivity index (χ3n) is 1.82. The predicted molar refractivity (Wildman–Crippen MR) is 57.6 cm³/mol. The molecule has 86 valence electrons. The summed E-state index contributed by atoms with van der Waals surface area (Å²) in [5, 5.41) is 15.7.